The highest BCUT2D eigenvalue weighted by atomic mass is 16.6. The van der Waals surface area contributed by atoms with E-state index in [1.165, 1.54) is 148 Å². The first-order valence-corrected chi connectivity index (χ1v) is 28.3. The standard InChI is InChI=1S/C60H106O6/c1-4-7-10-13-16-18-20-22-24-26-28-29-30-32-33-35-37-39-41-44-47-50-53-59(62)65-56-57(55-64-58(61)52-49-46-43-15-12-9-6-3)66-60(63)54-51-48-45-42-40-38-36-34-31-27-25-23-21-19-17-14-11-8-5-2/h8,11,17,19,23,25,31,34,38,40,57H,4-7,9-10,12-16,18,20-22,24,26-30,32-33,35-37,39,41-56H2,1-3H3/b11-8-,19-17-,25-23-,34-31-,40-38-. The Bertz CT molecular complexity index is 1200. The Balaban J connectivity index is 4.22. The SMILES string of the molecule is CC/C=C\C/C=C\C/C=C\C/C=C\C/C=C\CCCCCC(=O)OC(COC(=O)CCCCCCCCC)COC(=O)CCCCCCCCCCCCCCCCCCCCCCCC. The van der Waals surface area contributed by atoms with E-state index < -0.39 is 6.10 Å². The van der Waals surface area contributed by atoms with Crippen molar-refractivity contribution in [2.24, 2.45) is 0 Å². The van der Waals surface area contributed by atoms with Gasteiger partial charge in [0.05, 0.1) is 0 Å². The Kier molecular flexibility index (Phi) is 52.3. The Morgan fingerprint density at radius 3 is 0.924 bits per heavy atom. The average molecular weight is 924 g/mol. The Hall–Kier alpha value is -2.89. The molecule has 0 aromatic carbocycles. The van der Waals surface area contributed by atoms with E-state index >= 15 is 0 Å². The molecule has 6 nitrogen and oxygen atoms in total. The van der Waals surface area contributed by atoms with Gasteiger partial charge in [0.15, 0.2) is 6.10 Å². The molecule has 1 unspecified atom stereocenters. The van der Waals surface area contributed by atoms with Crippen LogP contribution in [-0.4, -0.2) is 37.2 Å². The zero-order valence-electron chi connectivity index (χ0n) is 43.7. The number of allylic oxidation sites excluding steroid dienone is 10. The molecule has 66 heavy (non-hydrogen) atoms. The fourth-order valence-corrected chi connectivity index (χ4v) is 8.06. The zero-order valence-corrected chi connectivity index (χ0v) is 43.7. The summed E-state index contributed by atoms with van der Waals surface area (Å²) in [5, 5.41) is 0. The summed E-state index contributed by atoms with van der Waals surface area (Å²) in [6, 6.07) is 0. The van der Waals surface area contributed by atoms with Crippen molar-refractivity contribution < 1.29 is 28.6 Å². The van der Waals surface area contributed by atoms with Crippen molar-refractivity contribution in [3.05, 3.63) is 60.8 Å². The number of unbranched alkanes of at least 4 members (excludes halogenated alkanes) is 30. The first-order valence-electron chi connectivity index (χ1n) is 28.3. The first-order chi connectivity index (χ1) is 32.5. The summed E-state index contributed by atoms with van der Waals surface area (Å²) < 4.78 is 16.8. The number of hydrogen-bond donors (Lipinski definition) is 0. The maximum atomic E-state index is 12.8. The van der Waals surface area contributed by atoms with Crippen molar-refractivity contribution in [3.8, 4) is 0 Å². The number of hydrogen-bond acceptors (Lipinski definition) is 6. The Labute approximate surface area is 409 Å². The van der Waals surface area contributed by atoms with Gasteiger partial charge in [0.2, 0.25) is 0 Å². The fourth-order valence-electron chi connectivity index (χ4n) is 8.06. The molecule has 0 rings (SSSR count). The molecule has 0 aliphatic heterocycles. The second-order valence-corrected chi connectivity index (χ2v) is 18.8. The van der Waals surface area contributed by atoms with Crippen molar-refractivity contribution >= 4 is 17.9 Å². The molecular formula is C60H106O6. The van der Waals surface area contributed by atoms with Gasteiger partial charge in [0.25, 0.3) is 0 Å². The summed E-state index contributed by atoms with van der Waals surface area (Å²) in [6.07, 6.45) is 68.1. The molecule has 0 aliphatic carbocycles. The van der Waals surface area contributed by atoms with Gasteiger partial charge >= 0.3 is 17.9 Å². The fraction of sp³-hybridized carbons (Fsp3) is 0.783. The second-order valence-electron chi connectivity index (χ2n) is 18.8. The van der Waals surface area contributed by atoms with Crippen LogP contribution in [0.5, 0.6) is 0 Å². The molecule has 0 aliphatic rings. The number of rotatable bonds is 51. The molecule has 0 fully saturated rings. The van der Waals surface area contributed by atoms with Crippen molar-refractivity contribution in [2.75, 3.05) is 13.2 Å². The van der Waals surface area contributed by atoms with Crippen LogP contribution in [0.3, 0.4) is 0 Å². The van der Waals surface area contributed by atoms with E-state index in [0.717, 1.165) is 96.3 Å². The van der Waals surface area contributed by atoms with Crippen LogP contribution >= 0.6 is 0 Å². The van der Waals surface area contributed by atoms with Crippen LogP contribution in [-0.2, 0) is 28.6 Å². The molecule has 0 heterocycles. The minimum absolute atomic E-state index is 0.0847. The van der Waals surface area contributed by atoms with Crippen LogP contribution in [0.25, 0.3) is 0 Å². The first kappa shape index (κ1) is 63.1. The molecule has 0 N–H and O–H groups in total. The summed E-state index contributed by atoms with van der Waals surface area (Å²) in [6.45, 7) is 6.48. The van der Waals surface area contributed by atoms with Gasteiger partial charge in [-0.2, -0.15) is 0 Å². The van der Waals surface area contributed by atoms with Gasteiger partial charge in [-0.05, 0) is 64.2 Å². The molecule has 6 heteroatoms. The highest BCUT2D eigenvalue weighted by Crippen LogP contribution is 2.16. The normalized spacial score (nSPS) is 12.5. The van der Waals surface area contributed by atoms with Gasteiger partial charge in [-0.15, -0.1) is 0 Å². The van der Waals surface area contributed by atoms with Gasteiger partial charge in [-0.3, -0.25) is 14.4 Å². The summed E-state index contributed by atoms with van der Waals surface area (Å²) in [5.41, 5.74) is 0. The molecule has 0 radical (unpaired) electrons. The van der Waals surface area contributed by atoms with Gasteiger partial charge in [0, 0.05) is 19.3 Å². The summed E-state index contributed by atoms with van der Waals surface area (Å²) in [5.74, 6) is -0.914. The summed E-state index contributed by atoms with van der Waals surface area (Å²) in [4.78, 5) is 37.9. The Morgan fingerprint density at radius 1 is 0.318 bits per heavy atom. The minimum Gasteiger partial charge on any atom is -0.462 e. The predicted octanol–water partition coefficient (Wildman–Crippen LogP) is 18.8. The topological polar surface area (TPSA) is 78.9 Å². The third-order valence-corrected chi connectivity index (χ3v) is 12.3. The van der Waals surface area contributed by atoms with E-state index in [2.05, 4.69) is 81.5 Å². The predicted molar refractivity (Wildman–Crippen MR) is 284 cm³/mol. The van der Waals surface area contributed by atoms with Crippen molar-refractivity contribution in [1.29, 1.82) is 0 Å². The Morgan fingerprint density at radius 2 is 0.591 bits per heavy atom. The third-order valence-electron chi connectivity index (χ3n) is 12.3. The molecule has 0 aromatic heterocycles. The molecule has 0 saturated carbocycles. The van der Waals surface area contributed by atoms with E-state index in [1.807, 2.05) is 0 Å². The van der Waals surface area contributed by atoms with E-state index in [-0.39, 0.29) is 31.1 Å². The van der Waals surface area contributed by atoms with Crippen LogP contribution < -0.4 is 0 Å². The number of ether oxygens (including phenoxy) is 3. The highest BCUT2D eigenvalue weighted by molar-refractivity contribution is 5.71. The molecule has 0 spiro atoms. The van der Waals surface area contributed by atoms with E-state index in [4.69, 9.17) is 14.2 Å². The molecular weight excluding hydrogens is 817 g/mol. The maximum absolute atomic E-state index is 12.8. The average Bonchev–Trinajstić information content (AvgIpc) is 3.31. The molecule has 0 amide bonds. The third kappa shape index (κ3) is 52.1. The van der Waals surface area contributed by atoms with Crippen LogP contribution in [0.2, 0.25) is 0 Å². The monoisotopic (exact) mass is 923 g/mol. The van der Waals surface area contributed by atoms with Gasteiger partial charge in [-0.1, -0.05) is 261 Å². The van der Waals surface area contributed by atoms with E-state index in [1.54, 1.807) is 0 Å². The molecule has 0 saturated heterocycles. The second kappa shape index (κ2) is 54.7. The maximum Gasteiger partial charge on any atom is 0.306 e. The minimum atomic E-state index is -0.787. The van der Waals surface area contributed by atoms with Crippen molar-refractivity contribution in [3.63, 3.8) is 0 Å². The zero-order chi connectivity index (χ0) is 47.9. The van der Waals surface area contributed by atoms with Crippen LogP contribution in [0.15, 0.2) is 60.8 Å². The summed E-state index contributed by atoms with van der Waals surface area (Å²) >= 11 is 0. The lowest BCUT2D eigenvalue weighted by Gasteiger charge is -2.18. The highest BCUT2D eigenvalue weighted by Gasteiger charge is 2.19. The van der Waals surface area contributed by atoms with E-state index in [9.17, 15) is 14.4 Å². The molecule has 1 atom stereocenters. The lowest BCUT2D eigenvalue weighted by molar-refractivity contribution is -0.167. The molecule has 382 valence electrons. The van der Waals surface area contributed by atoms with Gasteiger partial charge < -0.3 is 14.2 Å². The van der Waals surface area contributed by atoms with Crippen LogP contribution in [0.1, 0.15) is 284 Å². The summed E-state index contributed by atoms with van der Waals surface area (Å²) in [7, 11) is 0. The smallest absolute Gasteiger partial charge is 0.306 e. The number of esters is 3. The lowest BCUT2D eigenvalue weighted by atomic mass is 10.0. The largest absolute Gasteiger partial charge is 0.462 e. The van der Waals surface area contributed by atoms with Crippen LogP contribution in [0.4, 0.5) is 0 Å². The quantitative estimate of drug-likeness (QED) is 0.0262. The molecule has 0 bridgehead atoms. The van der Waals surface area contributed by atoms with Crippen LogP contribution in [0, 0.1) is 0 Å². The lowest BCUT2D eigenvalue weighted by Crippen LogP contribution is -2.30. The van der Waals surface area contributed by atoms with Crippen molar-refractivity contribution in [2.45, 2.75) is 290 Å². The van der Waals surface area contributed by atoms with Gasteiger partial charge in [-0.25, -0.2) is 0 Å². The van der Waals surface area contributed by atoms with Crippen molar-refractivity contribution in [1.82, 2.24) is 0 Å². The number of carbonyl (C=O) groups is 3. The van der Waals surface area contributed by atoms with Gasteiger partial charge in [0.1, 0.15) is 13.2 Å². The number of carbonyl (C=O) groups excluding carboxylic acids is 3. The molecule has 0 aromatic rings. The van der Waals surface area contributed by atoms with E-state index in [0.29, 0.717) is 19.3 Å².